The number of hydrogen-bond acceptors (Lipinski definition) is 5. The van der Waals surface area contributed by atoms with E-state index in [1.54, 1.807) is 0 Å². The van der Waals surface area contributed by atoms with E-state index in [0.29, 0.717) is 13.1 Å². The number of anilines is 2. The van der Waals surface area contributed by atoms with Gasteiger partial charge in [0.1, 0.15) is 5.60 Å². The number of piperazine rings is 1. The van der Waals surface area contributed by atoms with Gasteiger partial charge in [0.2, 0.25) is 0 Å². The second kappa shape index (κ2) is 10.2. The summed E-state index contributed by atoms with van der Waals surface area (Å²) in [4.78, 5) is 31.7. The summed E-state index contributed by atoms with van der Waals surface area (Å²) in [6.07, 6.45) is 2.43. The largest absolute Gasteiger partial charge is 0.444 e. The van der Waals surface area contributed by atoms with Crippen molar-refractivity contribution >= 4 is 23.5 Å². The monoisotopic (exact) mass is 431 g/mol. The Morgan fingerprint density at radius 1 is 1.06 bits per heavy atom. The lowest BCUT2D eigenvalue weighted by Crippen LogP contribution is -2.51. The lowest BCUT2D eigenvalue weighted by molar-refractivity contribution is 0.0505. The summed E-state index contributed by atoms with van der Waals surface area (Å²) in [5.74, 6) is 0. The van der Waals surface area contributed by atoms with E-state index in [0.717, 1.165) is 56.8 Å². The Morgan fingerprint density at radius 2 is 1.77 bits per heavy atom. The average molecular weight is 432 g/mol. The Labute approximate surface area is 185 Å². The number of rotatable bonds is 4. The molecule has 172 valence electrons. The highest BCUT2D eigenvalue weighted by Crippen LogP contribution is 2.27. The number of likely N-dealkylation sites (tertiary alicyclic amines) is 1. The number of nitrogens with zero attached hydrogens (tertiary/aromatic N) is 3. The number of hydrogen-bond donors (Lipinski definition) is 2. The summed E-state index contributed by atoms with van der Waals surface area (Å²) in [5.41, 5.74) is 1.35. The van der Waals surface area contributed by atoms with Gasteiger partial charge in [-0.3, -0.25) is 0 Å². The third-order valence-electron chi connectivity index (χ3n) is 5.76. The first-order valence-corrected chi connectivity index (χ1v) is 11.3. The Balaban J connectivity index is 1.63. The molecule has 8 heteroatoms. The van der Waals surface area contributed by atoms with Gasteiger partial charge in [0, 0.05) is 39.3 Å². The standard InChI is InChI=1S/C23H37N5O3/c1-23(2,3)31-22(30)24-17-18-9-7-8-12-28(18)21(29)25-19-10-5-6-11-20(19)27-15-13-26(4)14-16-27/h5-6,10-11,18H,7-9,12-17H2,1-4H3,(H,24,30)(H,25,29)/t18-/m0/s1. The smallest absolute Gasteiger partial charge is 0.407 e. The van der Waals surface area contributed by atoms with E-state index in [9.17, 15) is 9.59 Å². The molecule has 0 aliphatic carbocycles. The molecule has 2 aliphatic heterocycles. The average Bonchev–Trinajstić information content (AvgIpc) is 2.72. The van der Waals surface area contributed by atoms with Crippen molar-refractivity contribution in [3.05, 3.63) is 24.3 Å². The molecular formula is C23H37N5O3. The molecule has 2 N–H and O–H groups in total. The first kappa shape index (κ1) is 23.2. The van der Waals surface area contributed by atoms with Crippen LogP contribution < -0.4 is 15.5 Å². The molecule has 2 heterocycles. The second-order valence-electron chi connectivity index (χ2n) is 9.46. The molecule has 0 spiro atoms. The first-order valence-electron chi connectivity index (χ1n) is 11.3. The van der Waals surface area contributed by atoms with Crippen LogP contribution in [-0.4, -0.2) is 79.9 Å². The van der Waals surface area contributed by atoms with Gasteiger partial charge in [0.05, 0.1) is 17.4 Å². The van der Waals surface area contributed by atoms with Gasteiger partial charge in [-0.25, -0.2) is 9.59 Å². The topological polar surface area (TPSA) is 77.2 Å². The minimum atomic E-state index is -0.541. The zero-order valence-electron chi connectivity index (χ0n) is 19.3. The molecule has 0 radical (unpaired) electrons. The van der Waals surface area contributed by atoms with Gasteiger partial charge in [-0.15, -0.1) is 0 Å². The summed E-state index contributed by atoms with van der Waals surface area (Å²) < 4.78 is 5.33. The van der Waals surface area contributed by atoms with Crippen LogP contribution in [0.15, 0.2) is 24.3 Å². The highest BCUT2D eigenvalue weighted by Gasteiger charge is 2.28. The molecular weight excluding hydrogens is 394 g/mol. The van der Waals surface area contributed by atoms with Gasteiger partial charge >= 0.3 is 12.1 Å². The van der Waals surface area contributed by atoms with Crippen LogP contribution in [0.3, 0.4) is 0 Å². The summed E-state index contributed by atoms with van der Waals surface area (Å²) in [5, 5.41) is 5.96. The predicted octanol–water partition coefficient (Wildman–Crippen LogP) is 3.35. The van der Waals surface area contributed by atoms with Crippen molar-refractivity contribution in [2.75, 3.05) is 56.5 Å². The Kier molecular flexibility index (Phi) is 7.64. The minimum absolute atomic E-state index is 0.0444. The van der Waals surface area contributed by atoms with E-state index >= 15 is 0 Å². The second-order valence-corrected chi connectivity index (χ2v) is 9.46. The van der Waals surface area contributed by atoms with Crippen LogP contribution >= 0.6 is 0 Å². The number of carbonyl (C=O) groups is 2. The number of nitrogens with one attached hydrogen (secondary N) is 2. The summed E-state index contributed by atoms with van der Waals surface area (Å²) in [6.45, 7) is 10.5. The van der Waals surface area contributed by atoms with Crippen LogP contribution in [0, 0.1) is 0 Å². The molecule has 3 rings (SSSR count). The van der Waals surface area contributed by atoms with Gasteiger partial charge < -0.3 is 30.1 Å². The maximum absolute atomic E-state index is 13.2. The Bertz CT molecular complexity index is 756. The fourth-order valence-electron chi connectivity index (χ4n) is 4.08. The number of alkyl carbamates (subject to hydrolysis) is 1. The Morgan fingerprint density at radius 3 is 2.48 bits per heavy atom. The van der Waals surface area contributed by atoms with Gasteiger partial charge in [-0.05, 0) is 59.2 Å². The van der Waals surface area contributed by atoms with Crippen LogP contribution in [0.1, 0.15) is 40.0 Å². The van der Waals surface area contributed by atoms with Crippen molar-refractivity contribution in [2.45, 2.75) is 51.7 Å². The summed E-state index contributed by atoms with van der Waals surface area (Å²) >= 11 is 0. The molecule has 0 saturated carbocycles. The van der Waals surface area contributed by atoms with Crippen LogP contribution in [-0.2, 0) is 4.74 Å². The number of amides is 3. The van der Waals surface area contributed by atoms with Crippen LogP contribution in [0.2, 0.25) is 0 Å². The zero-order chi connectivity index (χ0) is 22.4. The number of benzene rings is 1. The van der Waals surface area contributed by atoms with Gasteiger partial charge in [0.25, 0.3) is 0 Å². The third-order valence-corrected chi connectivity index (χ3v) is 5.76. The van der Waals surface area contributed by atoms with E-state index < -0.39 is 11.7 Å². The van der Waals surface area contributed by atoms with Crippen molar-refractivity contribution in [2.24, 2.45) is 0 Å². The maximum atomic E-state index is 13.2. The lowest BCUT2D eigenvalue weighted by Gasteiger charge is -2.37. The van der Waals surface area contributed by atoms with Gasteiger partial charge in [-0.2, -0.15) is 0 Å². The first-order chi connectivity index (χ1) is 14.7. The van der Waals surface area contributed by atoms with Gasteiger partial charge in [-0.1, -0.05) is 12.1 Å². The normalized spacial score (nSPS) is 20.3. The molecule has 1 aromatic carbocycles. The molecule has 1 atom stereocenters. The van der Waals surface area contributed by atoms with E-state index in [1.165, 1.54) is 0 Å². The highest BCUT2D eigenvalue weighted by molar-refractivity contribution is 5.93. The van der Waals surface area contributed by atoms with Gasteiger partial charge in [0.15, 0.2) is 0 Å². The molecule has 8 nitrogen and oxygen atoms in total. The van der Waals surface area contributed by atoms with Crippen LogP contribution in [0.5, 0.6) is 0 Å². The number of para-hydroxylation sites is 2. The van der Waals surface area contributed by atoms with Crippen molar-refractivity contribution in [3.8, 4) is 0 Å². The van der Waals surface area contributed by atoms with E-state index in [-0.39, 0.29) is 12.1 Å². The SMILES string of the molecule is CN1CCN(c2ccccc2NC(=O)N2CCCC[C@H]2CNC(=O)OC(C)(C)C)CC1. The fourth-order valence-corrected chi connectivity index (χ4v) is 4.08. The summed E-state index contributed by atoms with van der Waals surface area (Å²) in [6, 6.07) is 7.83. The summed E-state index contributed by atoms with van der Waals surface area (Å²) in [7, 11) is 2.13. The molecule has 1 aromatic rings. The van der Waals surface area contributed by atoms with E-state index in [4.69, 9.17) is 4.74 Å². The van der Waals surface area contributed by atoms with E-state index in [2.05, 4.69) is 33.5 Å². The van der Waals surface area contributed by atoms with Crippen molar-refractivity contribution in [1.29, 1.82) is 0 Å². The Hall–Kier alpha value is -2.48. The van der Waals surface area contributed by atoms with Crippen molar-refractivity contribution in [1.82, 2.24) is 15.1 Å². The molecule has 0 aromatic heterocycles. The molecule has 2 saturated heterocycles. The lowest BCUT2D eigenvalue weighted by atomic mass is 10.0. The molecule has 2 aliphatic rings. The maximum Gasteiger partial charge on any atom is 0.407 e. The minimum Gasteiger partial charge on any atom is -0.444 e. The van der Waals surface area contributed by atoms with Crippen LogP contribution in [0.4, 0.5) is 21.0 Å². The molecule has 3 amide bonds. The molecule has 0 bridgehead atoms. The number of urea groups is 1. The number of piperidine rings is 1. The zero-order valence-corrected chi connectivity index (χ0v) is 19.3. The fraction of sp³-hybridized carbons (Fsp3) is 0.652. The number of carbonyl (C=O) groups excluding carboxylic acids is 2. The molecule has 31 heavy (non-hydrogen) atoms. The predicted molar refractivity (Wildman–Crippen MR) is 124 cm³/mol. The van der Waals surface area contributed by atoms with E-state index in [1.807, 2.05) is 43.9 Å². The quantitative estimate of drug-likeness (QED) is 0.765. The van der Waals surface area contributed by atoms with Crippen molar-refractivity contribution < 1.29 is 14.3 Å². The molecule has 2 fully saturated rings. The molecule has 0 unspecified atom stereocenters. The number of likely N-dealkylation sites (N-methyl/N-ethyl adjacent to an activating group) is 1. The van der Waals surface area contributed by atoms with Crippen molar-refractivity contribution in [3.63, 3.8) is 0 Å². The highest BCUT2D eigenvalue weighted by atomic mass is 16.6. The number of ether oxygens (including phenoxy) is 1. The third kappa shape index (κ3) is 6.75. The van der Waals surface area contributed by atoms with Crippen LogP contribution in [0.25, 0.3) is 0 Å².